The number of ether oxygens (including phenoxy) is 4. The van der Waals surface area contributed by atoms with Crippen molar-refractivity contribution in [1.82, 2.24) is 45.9 Å². The van der Waals surface area contributed by atoms with Crippen LogP contribution in [0, 0.1) is 6.92 Å². The van der Waals surface area contributed by atoms with Crippen LogP contribution in [0.25, 0.3) is 11.4 Å². The van der Waals surface area contributed by atoms with E-state index < -0.39 is 5.54 Å². The molecule has 20 nitrogen and oxygen atoms in total. The van der Waals surface area contributed by atoms with Gasteiger partial charge in [-0.1, -0.05) is 24.6 Å². The van der Waals surface area contributed by atoms with Crippen LogP contribution in [-0.2, 0) is 29.3 Å². The molecular weight excluding hydrogens is 1020 g/mol. The Kier molecular flexibility index (Phi) is 19.9. The number of aromatic amines is 1. The second-order valence-corrected chi connectivity index (χ2v) is 21.3. The Labute approximate surface area is 468 Å². The van der Waals surface area contributed by atoms with Gasteiger partial charge in [-0.2, -0.15) is 0 Å². The highest BCUT2D eigenvalue weighted by molar-refractivity contribution is 6.22. The van der Waals surface area contributed by atoms with Gasteiger partial charge in [-0.25, -0.2) is 0 Å². The monoisotopic (exact) mass is 1100 g/mol. The maximum atomic E-state index is 13.6. The largest absolute Gasteiger partial charge is 0.494 e. The number of carbonyl (C=O) groups excluding carboxylic acids is 5. The summed E-state index contributed by atoms with van der Waals surface area (Å²) < 4.78 is 23.3. The molecule has 4 aliphatic rings. The van der Waals surface area contributed by atoms with E-state index in [0.717, 1.165) is 91.3 Å². The zero-order valence-electron chi connectivity index (χ0n) is 46.4. The molecule has 0 aliphatic carbocycles. The van der Waals surface area contributed by atoms with Gasteiger partial charge in [-0.15, -0.1) is 10.2 Å². The number of H-pyrrole nitrogens is 1. The number of hydrogen-bond acceptors (Lipinski definition) is 15. The number of pyridine rings is 1. The topological polar surface area (TPSA) is 235 Å². The maximum absolute atomic E-state index is 13.6. The number of anilines is 2. The van der Waals surface area contributed by atoms with Crippen LogP contribution in [0.5, 0.6) is 5.75 Å². The molecular formula is C60H77N11O9. The van der Waals surface area contributed by atoms with Crippen molar-refractivity contribution in [2.45, 2.75) is 109 Å². The van der Waals surface area contributed by atoms with Crippen molar-refractivity contribution < 1.29 is 42.9 Å². The van der Waals surface area contributed by atoms with E-state index in [1.165, 1.54) is 4.90 Å². The molecule has 4 aliphatic heterocycles. The summed E-state index contributed by atoms with van der Waals surface area (Å²) in [4.78, 5) is 78.4. The summed E-state index contributed by atoms with van der Waals surface area (Å²) >= 11 is 0. The van der Waals surface area contributed by atoms with Gasteiger partial charge >= 0.3 is 0 Å². The molecule has 6 heterocycles. The molecule has 0 spiro atoms. The SMILES string of the molecule is Cc1cc2c(cc1N1CCN(C(=O)CCCOCCOCCOCCCCCCOc3cccc([C@@H](C)NC(=O)c4cccc(NC5(c6nnc(-c7ccncc7)[nH]6)CCNCC5)c4)c3)CC1)C(=O)N(C1CCC(=O)NC1C)C2=O. The summed E-state index contributed by atoms with van der Waals surface area (Å²) in [5.41, 5.74) is 5.38. The molecule has 5 aromatic rings. The first-order chi connectivity index (χ1) is 39.0. The summed E-state index contributed by atoms with van der Waals surface area (Å²) in [7, 11) is 0. The molecule has 80 heavy (non-hydrogen) atoms. The fourth-order valence-corrected chi connectivity index (χ4v) is 11.1. The molecule has 0 radical (unpaired) electrons. The number of aromatic nitrogens is 4. The first kappa shape index (κ1) is 57.4. The van der Waals surface area contributed by atoms with Crippen LogP contribution in [0.4, 0.5) is 11.4 Å². The number of hydrogen-bond donors (Lipinski definition) is 5. The lowest BCUT2D eigenvalue weighted by Crippen LogP contribution is -2.55. The number of benzene rings is 3. The number of imide groups is 1. The summed E-state index contributed by atoms with van der Waals surface area (Å²) in [5, 5.41) is 22.2. The number of piperidine rings is 2. The van der Waals surface area contributed by atoms with Crippen LogP contribution in [0.3, 0.4) is 0 Å². The maximum Gasteiger partial charge on any atom is 0.261 e. The fourth-order valence-electron chi connectivity index (χ4n) is 11.1. The van der Waals surface area contributed by atoms with Gasteiger partial charge in [0.1, 0.15) is 5.75 Å². The zero-order valence-corrected chi connectivity index (χ0v) is 46.4. The summed E-state index contributed by atoms with van der Waals surface area (Å²) in [5.74, 6) is 1.46. The van der Waals surface area contributed by atoms with Crippen LogP contribution in [0.15, 0.2) is 85.2 Å². The van der Waals surface area contributed by atoms with E-state index >= 15 is 0 Å². The van der Waals surface area contributed by atoms with Crippen molar-refractivity contribution in [2.24, 2.45) is 0 Å². The molecule has 2 aromatic heterocycles. The standard InChI is InChI=1S/C60H77N11O9/c1-41-37-49-50(58(76)71(57(49)75)51-16-17-53(72)63-43(51)3)40-52(41)69-26-28-70(29-27-69)54(73)15-10-31-78-34-36-79-35-33-77-30-6-4-5-7-32-80-48-14-9-11-45(39-48)42(2)64-56(74)46-12-8-13-47(38-46)66-60(20-24-62-25-21-60)59-65-55(67-68-59)44-18-22-61-23-19-44/h8-9,11-14,18-19,22-23,37-40,42-43,51,62,66H,4-7,10,15-17,20-21,24-36H2,1-3H3,(H,63,72)(H,64,74)(H,65,67,68)/t42-,43?,51?/m1/s1. The Morgan fingerprint density at radius 1 is 0.775 bits per heavy atom. The van der Waals surface area contributed by atoms with E-state index in [2.05, 4.69) is 46.3 Å². The molecule has 3 aromatic carbocycles. The number of fused-ring (bicyclic) bond motifs is 1. The van der Waals surface area contributed by atoms with Crippen LogP contribution in [-0.4, -0.2) is 157 Å². The van der Waals surface area contributed by atoms with Crippen molar-refractivity contribution in [3.8, 4) is 17.1 Å². The predicted octanol–water partition coefficient (Wildman–Crippen LogP) is 6.74. The Morgan fingerprint density at radius 2 is 1.46 bits per heavy atom. The van der Waals surface area contributed by atoms with Gasteiger partial charge < -0.3 is 55.0 Å². The van der Waals surface area contributed by atoms with Crippen molar-refractivity contribution in [1.29, 1.82) is 0 Å². The van der Waals surface area contributed by atoms with Crippen LogP contribution >= 0.6 is 0 Å². The lowest BCUT2D eigenvalue weighted by molar-refractivity contribution is -0.132. The third kappa shape index (κ3) is 14.6. The van der Waals surface area contributed by atoms with E-state index in [1.807, 2.05) is 92.4 Å². The summed E-state index contributed by atoms with van der Waals surface area (Å²) in [6, 6.07) is 22.0. The smallest absolute Gasteiger partial charge is 0.261 e. The quantitative estimate of drug-likeness (QED) is 0.0271. The van der Waals surface area contributed by atoms with E-state index in [4.69, 9.17) is 18.9 Å². The van der Waals surface area contributed by atoms with Crippen molar-refractivity contribution in [3.63, 3.8) is 0 Å². The van der Waals surface area contributed by atoms with Crippen molar-refractivity contribution >= 4 is 40.9 Å². The summed E-state index contributed by atoms with van der Waals surface area (Å²) in [6.45, 7) is 13.5. The van der Waals surface area contributed by atoms with Gasteiger partial charge in [-0.3, -0.25) is 33.9 Å². The highest BCUT2D eigenvalue weighted by Crippen LogP contribution is 2.36. The van der Waals surface area contributed by atoms with Gasteiger partial charge in [-0.05, 0) is 145 Å². The molecule has 0 bridgehead atoms. The Bertz CT molecular complexity index is 2910. The average molecular weight is 1100 g/mol. The number of unbranched alkanes of at least 4 members (excludes halogenated alkanes) is 3. The number of carbonyl (C=O) groups is 5. The van der Waals surface area contributed by atoms with Gasteiger partial charge in [0.15, 0.2) is 11.6 Å². The molecule has 3 atom stereocenters. The Morgan fingerprint density at radius 3 is 2.20 bits per heavy atom. The molecule has 3 fully saturated rings. The Balaban J connectivity index is 0.579. The van der Waals surface area contributed by atoms with Gasteiger partial charge in [0.05, 0.1) is 61.8 Å². The van der Waals surface area contributed by atoms with Gasteiger partial charge in [0.25, 0.3) is 17.7 Å². The number of aryl methyl sites for hydroxylation is 1. The zero-order chi connectivity index (χ0) is 55.8. The second kappa shape index (κ2) is 27.8. The van der Waals surface area contributed by atoms with Crippen LogP contribution in [0.1, 0.15) is 132 Å². The molecule has 5 N–H and O–H groups in total. The number of rotatable bonds is 27. The highest BCUT2D eigenvalue weighted by Gasteiger charge is 2.44. The average Bonchev–Trinajstić information content (AvgIpc) is 4.18. The molecule has 20 heteroatoms. The van der Waals surface area contributed by atoms with Crippen molar-refractivity contribution in [3.05, 3.63) is 119 Å². The van der Waals surface area contributed by atoms with E-state index in [-0.39, 0.29) is 54.1 Å². The van der Waals surface area contributed by atoms with Crippen molar-refractivity contribution in [2.75, 3.05) is 95.7 Å². The van der Waals surface area contributed by atoms with Gasteiger partial charge in [0, 0.05) is 93.2 Å². The lowest BCUT2D eigenvalue weighted by atomic mass is 9.87. The van der Waals surface area contributed by atoms with E-state index in [1.54, 1.807) is 18.5 Å². The fraction of sp³-hybridized carbons (Fsp3) is 0.500. The first-order valence-corrected chi connectivity index (χ1v) is 28.5. The minimum atomic E-state index is -0.484. The minimum Gasteiger partial charge on any atom is -0.494 e. The summed E-state index contributed by atoms with van der Waals surface area (Å²) in [6.07, 6.45) is 10.8. The number of amides is 5. The normalized spacial score (nSPS) is 18.4. The third-order valence-electron chi connectivity index (χ3n) is 15.6. The van der Waals surface area contributed by atoms with Crippen LogP contribution in [0.2, 0.25) is 0 Å². The molecule has 3 saturated heterocycles. The lowest BCUT2D eigenvalue weighted by Gasteiger charge is -2.37. The molecule has 2 unspecified atom stereocenters. The molecule has 0 saturated carbocycles. The number of nitrogens with zero attached hydrogens (tertiary/aromatic N) is 6. The van der Waals surface area contributed by atoms with E-state index in [0.29, 0.717) is 114 Å². The molecule has 9 rings (SSSR count). The number of piperazine rings is 1. The first-order valence-electron chi connectivity index (χ1n) is 28.5. The molecule has 426 valence electrons. The third-order valence-corrected chi connectivity index (χ3v) is 15.6. The Hall–Kier alpha value is -7.26. The molecule has 5 amide bonds. The van der Waals surface area contributed by atoms with E-state index in [9.17, 15) is 24.0 Å². The van der Waals surface area contributed by atoms with Crippen LogP contribution < -0.4 is 30.9 Å². The number of nitrogens with one attached hydrogen (secondary N) is 5. The minimum absolute atomic E-state index is 0.0661. The second-order valence-electron chi connectivity index (χ2n) is 21.3. The predicted molar refractivity (Wildman–Crippen MR) is 303 cm³/mol. The van der Waals surface area contributed by atoms with Gasteiger partial charge in [0.2, 0.25) is 11.8 Å². The highest BCUT2D eigenvalue weighted by atomic mass is 16.5.